The quantitative estimate of drug-likeness (QED) is 0.684. The Morgan fingerprint density at radius 3 is 2.50 bits per heavy atom. The third-order valence-electron chi connectivity index (χ3n) is 2.33. The summed E-state index contributed by atoms with van der Waals surface area (Å²) in [6, 6.07) is 0. The first-order valence-corrected chi connectivity index (χ1v) is 4.76. The summed E-state index contributed by atoms with van der Waals surface area (Å²) in [6.07, 6.45) is 3.69. The smallest absolute Gasteiger partial charge is 0.133 e. The van der Waals surface area contributed by atoms with E-state index >= 15 is 0 Å². The summed E-state index contributed by atoms with van der Waals surface area (Å²) < 4.78 is 0. The van der Waals surface area contributed by atoms with Crippen molar-refractivity contribution in [1.29, 1.82) is 0 Å². The monoisotopic (exact) mass is 170 g/mol. The predicted molar refractivity (Wildman–Crippen MR) is 47.9 cm³/mol. The Morgan fingerprint density at radius 2 is 2.08 bits per heavy atom. The fourth-order valence-electron chi connectivity index (χ4n) is 1.32. The van der Waals surface area contributed by atoms with Crippen LogP contribution in [0.5, 0.6) is 0 Å². The van der Waals surface area contributed by atoms with Crippen molar-refractivity contribution in [2.24, 2.45) is 5.92 Å². The first kappa shape index (κ1) is 9.72. The number of Topliss-reactive ketones (excluding diaryl/α,β-unsaturated/α-hetero) is 1. The molecule has 0 aromatic carbocycles. The van der Waals surface area contributed by atoms with E-state index in [0.29, 0.717) is 31.0 Å². The Kier molecular flexibility index (Phi) is 2.89. The lowest BCUT2D eigenvalue weighted by molar-refractivity contribution is -0.120. The van der Waals surface area contributed by atoms with Crippen LogP contribution in [0.1, 0.15) is 46.0 Å². The molecule has 0 saturated heterocycles. The number of rotatable bonds is 5. The minimum Gasteiger partial charge on any atom is -0.390 e. The van der Waals surface area contributed by atoms with E-state index in [-0.39, 0.29) is 0 Å². The summed E-state index contributed by atoms with van der Waals surface area (Å²) in [5.74, 6) is 0.747. The minimum absolute atomic E-state index is 0.297. The summed E-state index contributed by atoms with van der Waals surface area (Å²) in [7, 11) is 0. The van der Waals surface area contributed by atoms with Crippen LogP contribution in [0.15, 0.2) is 0 Å². The molecule has 0 bridgehead atoms. The fourth-order valence-corrected chi connectivity index (χ4v) is 1.32. The molecule has 1 aliphatic carbocycles. The second-order valence-electron chi connectivity index (χ2n) is 4.36. The lowest BCUT2D eigenvalue weighted by Gasteiger charge is -2.07. The van der Waals surface area contributed by atoms with E-state index in [1.807, 2.05) is 13.8 Å². The molecule has 0 aliphatic heterocycles. The van der Waals surface area contributed by atoms with Gasteiger partial charge in [-0.2, -0.15) is 0 Å². The molecule has 1 rings (SSSR count). The van der Waals surface area contributed by atoms with Gasteiger partial charge in [0.05, 0.1) is 5.60 Å². The van der Waals surface area contributed by atoms with Gasteiger partial charge in [0.25, 0.3) is 0 Å². The van der Waals surface area contributed by atoms with Crippen molar-refractivity contribution in [3.05, 3.63) is 0 Å². The van der Waals surface area contributed by atoms with Crippen molar-refractivity contribution >= 4 is 5.78 Å². The summed E-state index contributed by atoms with van der Waals surface area (Å²) in [6.45, 7) is 4.09. The second-order valence-corrected chi connectivity index (χ2v) is 4.36. The second kappa shape index (κ2) is 3.56. The van der Waals surface area contributed by atoms with Crippen LogP contribution in [0.25, 0.3) is 0 Å². The van der Waals surface area contributed by atoms with E-state index in [9.17, 15) is 9.90 Å². The topological polar surface area (TPSA) is 37.3 Å². The number of aliphatic hydroxyl groups is 1. The van der Waals surface area contributed by atoms with E-state index in [1.165, 1.54) is 0 Å². The SMILES string of the molecule is CC(C)CC(=O)CCC1(O)CC1. The van der Waals surface area contributed by atoms with E-state index < -0.39 is 5.60 Å². The summed E-state index contributed by atoms with van der Waals surface area (Å²) in [5, 5.41) is 9.46. The molecule has 1 fully saturated rings. The molecule has 0 aromatic rings. The maximum absolute atomic E-state index is 11.2. The molecule has 0 amide bonds. The van der Waals surface area contributed by atoms with Crippen molar-refractivity contribution in [2.45, 2.75) is 51.6 Å². The number of hydrogen-bond donors (Lipinski definition) is 1. The Labute approximate surface area is 74.0 Å². The van der Waals surface area contributed by atoms with Gasteiger partial charge in [0, 0.05) is 12.8 Å². The van der Waals surface area contributed by atoms with Gasteiger partial charge in [0.15, 0.2) is 0 Å². The van der Waals surface area contributed by atoms with E-state index in [0.717, 1.165) is 12.8 Å². The van der Waals surface area contributed by atoms with Crippen LogP contribution in [0.4, 0.5) is 0 Å². The molecule has 12 heavy (non-hydrogen) atoms. The van der Waals surface area contributed by atoms with Gasteiger partial charge >= 0.3 is 0 Å². The molecule has 0 unspecified atom stereocenters. The van der Waals surface area contributed by atoms with Gasteiger partial charge < -0.3 is 5.11 Å². The molecule has 0 atom stereocenters. The van der Waals surface area contributed by atoms with Crippen molar-refractivity contribution < 1.29 is 9.90 Å². The summed E-state index contributed by atoms with van der Waals surface area (Å²) in [5.41, 5.74) is -0.452. The van der Waals surface area contributed by atoms with Gasteiger partial charge in [-0.25, -0.2) is 0 Å². The fraction of sp³-hybridized carbons (Fsp3) is 0.900. The normalized spacial score (nSPS) is 19.7. The molecular formula is C10H18O2. The maximum Gasteiger partial charge on any atom is 0.133 e. The van der Waals surface area contributed by atoms with Crippen LogP contribution in [0, 0.1) is 5.92 Å². The largest absolute Gasteiger partial charge is 0.390 e. The molecule has 0 spiro atoms. The Morgan fingerprint density at radius 1 is 1.50 bits per heavy atom. The van der Waals surface area contributed by atoms with E-state index in [1.54, 1.807) is 0 Å². The molecule has 2 heteroatoms. The molecule has 70 valence electrons. The molecule has 0 radical (unpaired) electrons. The number of carbonyl (C=O) groups excluding carboxylic acids is 1. The Hall–Kier alpha value is -0.370. The highest BCUT2D eigenvalue weighted by Crippen LogP contribution is 2.39. The van der Waals surface area contributed by atoms with Crippen LogP contribution in [-0.2, 0) is 4.79 Å². The molecular weight excluding hydrogens is 152 g/mol. The van der Waals surface area contributed by atoms with Gasteiger partial charge in [0.1, 0.15) is 5.78 Å². The van der Waals surface area contributed by atoms with Gasteiger partial charge in [-0.1, -0.05) is 13.8 Å². The molecule has 0 heterocycles. The van der Waals surface area contributed by atoms with Crippen molar-refractivity contribution in [3.8, 4) is 0 Å². The summed E-state index contributed by atoms with van der Waals surface area (Å²) in [4.78, 5) is 11.2. The average molecular weight is 170 g/mol. The highest BCUT2D eigenvalue weighted by atomic mass is 16.3. The highest BCUT2D eigenvalue weighted by Gasteiger charge is 2.39. The van der Waals surface area contributed by atoms with Crippen molar-refractivity contribution in [1.82, 2.24) is 0 Å². The summed E-state index contributed by atoms with van der Waals surface area (Å²) >= 11 is 0. The Bertz CT molecular complexity index is 169. The zero-order chi connectivity index (χ0) is 9.19. The standard InChI is InChI=1S/C10H18O2/c1-8(2)7-9(11)3-4-10(12)5-6-10/h8,12H,3-7H2,1-2H3. The van der Waals surface area contributed by atoms with Crippen LogP contribution in [0.2, 0.25) is 0 Å². The lowest BCUT2D eigenvalue weighted by atomic mass is 10.0. The third-order valence-corrected chi connectivity index (χ3v) is 2.33. The van der Waals surface area contributed by atoms with Gasteiger partial charge in [0.2, 0.25) is 0 Å². The van der Waals surface area contributed by atoms with Crippen molar-refractivity contribution in [3.63, 3.8) is 0 Å². The molecule has 2 nitrogen and oxygen atoms in total. The van der Waals surface area contributed by atoms with E-state index in [2.05, 4.69) is 0 Å². The first-order valence-electron chi connectivity index (χ1n) is 4.76. The van der Waals surface area contributed by atoms with Gasteiger partial charge in [-0.15, -0.1) is 0 Å². The molecule has 1 N–H and O–H groups in total. The zero-order valence-corrected chi connectivity index (χ0v) is 7.97. The van der Waals surface area contributed by atoms with E-state index in [4.69, 9.17) is 0 Å². The number of carbonyl (C=O) groups is 1. The predicted octanol–water partition coefficient (Wildman–Crippen LogP) is 1.91. The Balaban J connectivity index is 2.10. The van der Waals surface area contributed by atoms with Crippen LogP contribution >= 0.6 is 0 Å². The van der Waals surface area contributed by atoms with Crippen LogP contribution in [0.3, 0.4) is 0 Å². The molecule has 1 saturated carbocycles. The van der Waals surface area contributed by atoms with Crippen LogP contribution < -0.4 is 0 Å². The minimum atomic E-state index is -0.452. The highest BCUT2D eigenvalue weighted by molar-refractivity contribution is 5.78. The average Bonchev–Trinajstić information content (AvgIpc) is 2.64. The van der Waals surface area contributed by atoms with Gasteiger partial charge in [-0.3, -0.25) is 4.79 Å². The van der Waals surface area contributed by atoms with Crippen LogP contribution in [-0.4, -0.2) is 16.5 Å². The lowest BCUT2D eigenvalue weighted by Crippen LogP contribution is -2.11. The van der Waals surface area contributed by atoms with Gasteiger partial charge in [-0.05, 0) is 25.2 Å². The maximum atomic E-state index is 11.2. The zero-order valence-electron chi connectivity index (χ0n) is 7.97. The third kappa shape index (κ3) is 3.35. The first-order chi connectivity index (χ1) is 5.52. The van der Waals surface area contributed by atoms with Crippen molar-refractivity contribution in [2.75, 3.05) is 0 Å². The molecule has 1 aliphatic rings. The molecule has 0 aromatic heterocycles. The number of ketones is 1. The number of hydrogen-bond acceptors (Lipinski definition) is 2.